The first-order chi connectivity index (χ1) is 13.7. The standard InChI is InChI=1S/C21H25N7/c1-16-15-19(25-17(2)18-7-4-3-5-8-18)26-21(24-16)28-13-11-27(12-14-28)20-22-9-6-10-23-20/h3-10,15,17H,11-14H2,1-2H3,(H,24,25,26). The Hall–Kier alpha value is -3.22. The summed E-state index contributed by atoms with van der Waals surface area (Å²) < 4.78 is 0. The number of hydrogen-bond acceptors (Lipinski definition) is 7. The summed E-state index contributed by atoms with van der Waals surface area (Å²) in [6, 6.07) is 14.4. The minimum Gasteiger partial charge on any atom is -0.363 e. The molecule has 7 heteroatoms. The molecule has 144 valence electrons. The number of benzene rings is 1. The maximum atomic E-state index is 4.77. The zero-order valence-electron chi connectivity index (χ0n) is 16.3. The largest absolute Gasteiger partial charge is 0.363 e. The first-order valence-electron chi connectivity index (χ1n) is 9.63. The third-order valence-electron chi connectivity index (χ3n) is 4.90. The average Bonchev–Trinajstić information content (AvgIpc) is 2.75. The highest BCUT2D eigenvalue weighted by Crippen LogP contribution is 2.21. The quantitative estimate of drug-likeness (QED) is 0.735. The second-order valence-corrected chi connectivity index (χ2v) is 6.99. The van der Waals surface area contributed by atoms with E-state index < -0.39 is 0 Å². The van der Waals surface area contributed by atoms with Crippen LogP contribution in [0.15, 0.2) is 54.9 Å². The molecule has 0 amide bonds. The average molecular weight is 375 g/mol. The molecular formula is C21H25N7. The van der Waals surface area contributed by atoms with Crippen molar-refractivity contribution in [3.63, 3.8) is 0 Å². The van der Waals surface area contributed by atoms with Gasteiger partial charge in [-0.25, -0.2) is 15.0 Å². The van der Waals surface area contributed by atoms with Gasteiger partial charge in [0.15, 0.2) is 0 Å². The lowest BCUT2D eigenvalue weighted by molar-refractivity contribution is 0.627. The van der Waals surface area contributed by atoms with Gasteiger partial charge in [0.25, 0.3) is 0 Å². The van der Waals surface area contributed by atoms with E-state index in [-0.39, 0.29) is 6.04 Å². The van der Waals surface area contributed by atoms with Crippen LogP contribution >= 0.6 is 0 Å². The Balaban J connectivity index is 1.44. The van der Waals surface area contributed by atoms with Gasteiger partial charge >= 0.3 is 0 Å². The van der Waals surface area contributed by atoms with Crippen LogP contribution in [0.2, 0.25) is 0 Å². The molecule has 2 aromatic heterocycles. The van der Waals surface area contributed by atoms with E-state index in [4.69, 9.17) is 4.98 Å². The van der Waals surface area contributed by atoms with Crippen LogP contribution in [-0.2, 0) is 0 Å². The lowest BCUT2D eigenvalue weighted by atomic mass is 10.1. The third kappa shape index (κ3) is 4.19. The van der Waals surface area contributed by atoms with E-state index in [0.717, 1.165) is 49.6 Å². The molecular weight excluding hydrogens is 350 g/mol. The molecule has 1 saturated heterocycles. The normalized spacial score (nSPS) is 15.4. The Morgan fingerprint density at radius 1 is 0.857 bits per heavy atom. The molecule has 1 N–H and O–H groups in total. The van der Waals surface area contributed by atoms with Crippen molar-refractivity contribution in [1.82, 2.24) is 19.9 Å². The van der Waals surface area contributed by atoms with Crippen LogP contribution in [0.25, 0.3) is 0 Å². The molecule has 0 radical (unpaired) electrons. The molecule has 1 unspecified atom stereocenters. The Bertz CT molecular complexity index is 893. The first-order valence-corrected chi connectivity index (χ1v) is 9.63. The van der Waals surface area contributed by atoms with Gasteiger partial charge in [-0.3, -0.25) is 0 Å². The maximum Gasteiger partial charge on any atom is 0.227 e. The van der Waals surface area contributed by atoms with Gasteiger partial charge in [-0.1, -0.05) is 30.3 Å². The predicted octanol–water partition coefficient (Wildman–Crippen LogP) is 3.07. The van der Waals surface area contributed by atoms with Crippen LogP contribution in [0.5, 0.6) is 0 Å². The summed E-state index contributed by atoms with van der Waals surface area (Å²) in [4.78, 5) is 22.5. The number of rotatable bonds is 5. The van der Waals surface area contributed by atoms with Crippen molar-refractivity contribution in [2.75, 3.05) is 41.3 Å². The summed E-state index contributed by atoms with van der Waals surface area (Å²) in [6.07, 6.45) is 3.56. The number of aryl methyl sites for hydroxylation is 1. The van der Waals surface area contributed by atoms with E-state index in [9.17, 15) is 0 Å². The molecule has 1 aromatic carbocycles. The number of piperazine rings is 1. The van der Waals surface area contributed by atoms with Crippen molar-refractivity contribution in [1.29, 1.82) is 0 Å². The number of hydrogen-bond donors (Lipinski definition) is 1. The van der Waals surface area contributed by atoms with Crippen molar-refractivity contribution >= 4 is 17.7 Å². The Labute approximate surface area is 165 Å². The summed E-state index contributed by atoms with van der Waals surface area (Å²) in [7, 11) is 0. The molecule has 3 aromatic rings. The summed E-state index contributed by atoms with van der Waals surface area (Å²) in [5.41, 5.74) is 2.19. The highest BCUT2D eigenvalue weighted by molar-refractivity contribution is 5.46. The fraction of sp³-hybridized carbons (Fsp3) is 0.333. The van der Waals surface area contributed by atoms with Crippen molar-refractivity contribution < 1.29 is 0 Å². The molecule has 28 heavy (non-hydrogen) atoms. The van der Waals surface area contributed by atoms with Crippen LogP contribution in [0.4, 0.5) is 17.7 Å². The van der Waals surface area contributed by atoms with Crippen molar-refractivity contribution in [2.45, 2.75) is 19.9 Å². The van der Waals surface area contributed by atoms with E-state index in [1.807, 2.05) is 25.1 Å². The minimum absolute atomic E-state index is 0.176. The van der Waals surface area contributed by atoms with Gasteiger partial charge in [0.2, 0.25) is 11.9 Å². The molecule has 0 aliphatic carbocycles. The fourth-order valence-electron chi connectivity index (χ4n) is 3.38. The second kappa shape index (κ2) is 8.21. The van der Waals surface area contributed by atoms with Crippen molar-refractivity contribution in [2.24, 2.45) is 0 Å². The Morgan fingerprint density at radius 2 is 1.50 bits per heavy atom. The molecule has 3 heterocycles. The minimum atomic E-state index is 0.176. The molecule has 1 fully saturated rings. The molecule has 0 spiro atoms. The molecule has 0 bridgehead atoms. The number of nitrogens with one attached hydrogen (secondary N) is 1. The van der Waals surface area contributed by atoms with E-state index in [1.165, 1.54) is 5.56 Å². The van der Waals surface area contributed by atoms with Crippen LogP contribution in [-0.4, -0.2) is 46.1 Å². The van der Waals surface area contributed by atoms with Gasteiger partial charge < -0.3 is 15.1 Å². The zero-order chi connectivity index (χ0) is 19.3. The van der Waals surface area contributed by atoms with Crippen LogP contribution in [0, 0.1) is 6.92 Å². The molecule has 1 aliphatic rings. The number of nitrogens with zero attached hydrogens (tertiary/aromatic N) is 6. The predicted molar refractivity (Wildman–Crippen MR) is 112 cm³/mol. The molecule has 1 atom stereocenters. The monoisotopic (exact) mass is 375 g/mol. The summed E-state index contributed by atoms with van der Waals surface area (Å²) in [5, 5.41) is 3.50. The third-order valence-corrected chi connectivity index (χ3v) is 4.90. The topological polar surface area (TPSA) is 70.1 Å². The van der Waals surface area contributed by atoms with Gasteiger partial charge in [0.05, 0.1) is 0 Å². The van der Waals surface area contributed by atoms with Crippen LogP contribution < -0.4 is 15.1 Å². The Morgan fingerprint density at radius 3 is 2.18 bits per heavy atom. The van der Waals surface area contributed by atoms with Gasteiger partial charge in [0.1, 0.15) is 5.82 Å². The second-order valence-electron chi connectivity index (χ2n) is 6.99. The highest BCUT2D eigenvalue weighted by atomic mass is 15.4. The molecule has 7 nitrogen and oxygen atoms in total. The van der Waals surface area contributed by atoms with Crippen molar-refractivity contribution in [3.05, 3.63) is 66.1 Å². The SMILES string of the molecule is Cc1cc(NC(C)c2ccccc2)nc(N2CCN(c3ncccn3)CC2)n1. The molecule has 0 saturated carbocycles. The van der Waals surface area contributed by atoms with E-state index in [2.05, 4.69) is 61.3 Å². The number of anilines is 3. The van der Waals surface area contributed by atoms with E-state index in [0.29, 0.717) is 0 Å². The highest BCUT2D eigenvalue weighted by Gasteiger charge is 2.21. The molecule has 1 aliphatic heterocycles. The van der Waals surface area contributed by atoms with Gasteiger partial charge in [-0.05, 0) is 25.5 Å². The van der Waals surface area contributed by atoms with Gasteiger partial charge in [0, 0.05) is 56.4 Å². The smallest absolute Gasteiger partial charge is 0.227 e. The van der Waals surface area contributed by atoms with Gasteiger partial charge in [-0.2, -0.15) is 4.98 Å². The van der Waals surface area contributed by atoms with Crippen LogP contribution in [0.3, 0.4) is 0 Å². The summed E-state index contributed by atoms with van der Waals surface area (Å²) >= 11 is 0. The number of aromatic nitrogens is 4. The Kier molecular flexibility index (Phi) is 5.32. The van der Waals surface area contributed by atoms with Crippen molar-refractivity contribution in [3.8, 4) is 0 Å². The zero-order valence-corrected chi connectivity index (χ0v) is 16.3. The lowest BCUT2D eigenvalue weighted by Gasteiger charge is -2.34. The van der Waals surface area contributed by atoms with E-state index >= 15 is 0 Å². The maximum absolute atomic E-state index is 4.77. The van der Waals surface area contributed by atoms with E-state index in [1.54, 1.807) is 12.4 Å². The molecule has 4 rings (SSSR count). The van der Waals surface area contributed by atoms with Gasteiger partial charge in [-0.15, -0.1) is 0 Å². The first kappa shape index (κ1) is 18.2. The van der Waals surface area contributed by atoms with Crippen LogP contribution in [0.1, 0.15) is 24.2 Å². The fourth-order valence-corrected chi connectivity index (χ4v) is 3.38. The lowest BCUT2D eigenvalue weighted by Crippen LogP contribution is -2.47. The summed E-state index contributed by atoms with van der Waals surface area (Å²) in [5.74, 6) is 2.41. The summed E-state index contributed by atoms with van der Waals surface area (Å²) in [6.45, 7) is 7.54.